The molecular formula is C10H19N5O11P2. The van der Waals surface area contributed by atoms with E-state index in [9.17, 15) is 24.1 Å². The van der Waals surface area contributed by atoms with Crippen LogP contribution in [0, 0.1) is 0 Å². The summed E-state index contributed by atoms with van der Waals surface area (Å²) >= 11 is 0. The van der Waals surface area contributed by atoms with Gasteiger partial charge in [-0.1, -0.05) is 0 Å². The molecule has 160 valence electrons. The Hall–Kier alpha value is -2.16. The fraction of sp³-hybridized carbons (Fsp3) is 0.400. The van der Waals surface area contributed by atoms with E-state index in [0.717, 1.165) is 0 Å². The average Bonchev–Trinajstić information content (AvgIpc) is 2.55. The second kappa shape index (κ2) is 9.86. The quantitative estimate of drug-likeness (QED) is 0.103. The van der Waals surface area contributed by atoms with Crippen LogP contribution >= 0.6 is 15.6 Å². The van der Waals surface area contributed by atoms with Crippen LogP contribution in [0.25, 0.3) is 0 Å². The highest BCUT2D eigenvalue weighted by molar-refractivity contribution is 7.60. The second-order valence-electron chi connectivity index (χ2n) is 4.75. The van der Waals surface area contributed by atoms with Gasteiger partial charge >= 0.3 is 15.6 Å². The summed E-state index contributed by atoms with van der Waals surface area (Å²) < 4.78 is 34.7. The number of nitrogen functional groups attached to an aromatic ring is 1. The van der Waals surface area contributed by atoms with E-state index in [1.54, 1.807) is 0 Å². The Kier molecular flexibility index (Phi) is 8.41. The third kappa shape index (κ3) is 7.84. The van der Waals surface area contributed by atoms with Crippen molar-refractivity contribution in [3.8, 4) is 0 Å². The Bertz CT molecular complexity index is 853. The topological polar surface area (TPSA) is 259 Å². The maximum Gasteiger partial charge on any atom is 0.535 e. The molecule has 2 atom stereocenters. The first-order valence-corrected chi connectivity index (χ1v) is 10.1. The zero-order chi connectivity index (χ0) is 21.5. The summed E-state index contributed by atoms with van der Waals surface area (Å²) in [6.07, 6.45) is -1.01. The number of nitrogens with one attached hydrogen (secondary N) is 3. The lowest BCUT2D eigenvalue weighted by atomic mass is 10.4. The molecule has 0 bridgehead atoms. The number of nitrogens with zero attached hydrogens (tertiary/aromatic N) is 1. The minimum Gasteiger partial charge on any atom is -0.467 e. The highest BCUT2D eigenvalue weighted by atomic mass is 31.3. The second-order valence-corrected chi connectivity index (χ2v) is 7.53. The normalized spacial score (nSPS) is 15.4. The smallest absolute Gasteiger partial charge is 0.467 e. The molecule has 0 aliphatic heterocycles. The molecule has 0 aromatic carbocycles. The van der Waals surface area contributed by atoms with Crippen molar-refractivity contribution in [1.29, 1.82) is 0 Å². The largest absolute Gasteiger partial charge is 0.535 e. The van der Waals surface area contributed by atoms with Gasteiger partial charge in [0, 0.05) is 7.05 Å². The van der Waals surface area contributed by atoms with Crippen LogP contribution in [0.1, 0.15) is 0 Å². The van der Waals surface area contributed by atoms with Gasteiger partial charge in [-0.2, -0.15) is 9.29 Å². The summed E-state index contributed by atoms with van der Waals surface area (Å²) in [5.41, 5.74) is 4.74. The molecule has 0 saturated heterocycles. The number of aromatic amines is 1. The molecule has 0 fully saturated rings. The molecule has 1 rings (SSSR count). The molecule has 0 amide bonds. The molecule has 1 unspecified atom stereocenters. The number of anilines is 3. The van der Waals surface area contributed by atoms with Crippen molar-refractivity contribution in [1.82, 2.24) is 9.97 Å². The SMILES string of the molecule is CNc1c(N[C@@H](CO)O/C(=C/OP(=O)(O)OP(=O)(O)O)CO)nc(N)[nH]c1=O. The standard InChI is InChI=1S/C10H19N5O11P2/c1-12-7-8(14-10(11)15-9(7)18)13-6(3-17)25-5(2-16)4-24-28(22,23)26-27(19,20)21/h4,6,12,16-17H,2-3H2,1H3,(H,22,23)(H2,19,20,21)(H4,11,13,14,15,18)/b5-4+/t6-/m1/s1. The molecule has 28 heavy (non-hydrogen) atoms. The summed E-state index contributed by atoms with van der Waals surface area (Å²) in [5.74, 6) is -0.933. The number of ether oxygens (including phenoxy) is 1. The minimum atomic E-state index is -5.34. The highest BCUT2D eigenvalue weighted by Gasteiger charge is 2.33. The van der Waals surface area contributed by atoms with Gasteiger partial charge in [0.15, 0.2) is 17.8 Å². The van der Waals surface area contributed by atoms with E-state index >= 15 is 0 Å². The Morgan fingerprint density at radius 1 is 1.36 bits per heavy atom. The molecular weight excluding hydrogens is 428 g/mol. The van der Waals surface area contributed by atoms with Crippen molar-refractivity contribution in [2.45, 2.75) is 6.23 Å². The van der Waals surface area contributed by atoms with Crippen LogP contribution in [0.5, 0.6) is 0 Å². The maximum atomic E-state index is 11.8. The molecule has 1 heterocycles. The Labute approximate surface area is 156 Å². The van der Waals surface area contributed by atoms with Crippen molar-refractivity contribution < 1.29 is 47.6 Å². The van der Waals surface area contributed by atoms with Crippen molar-refractivity contribution in [2.75, 3.05) is 36.6 Å². The molecule has 10 N–H and O–H groups in total. The van der Waals surface area contributed by atoms with Gasteiger partial charge < -0.3 is 45.6 Å². The van der Waals surface area contributed by atoms with E-state index in [0.29, 0.717) is 6.26 Å². The van der Waals surface area contributed by atoms with Crippen molar-refractivity contribution in [3.63, 3.8) is 0 Å². The summed E-state index contributed by atoms with van der Waals surface area (Å²) in [6.45, 7) is -1.66. The van der Waals surface area contributed by atoms with Gasteiger partial charge in [-0.3, -0.25) is 14.7 Å². The number of aliphatic hydroxyl groups is 2. The molecule has 0 radical (unpaired) electrons. The number of hydrogen-bond donors (Lipinski definition) is 9. The number of rotatable bonds is 11. The fourth-order valence-corrected chi connectivity index (χ4v) is 3.14. The van der Waals surface area contributed by atoms with E-state index in [1.807, 2.05) is 0 Å². The zero-order valence-electron chi connectivity index (χ0n) is 14.2. The van der Waals surface area contributed by atoms with Gasteiger partial charge in [0.1, 0.15) is 18.6 Å². The number of H-pyrrole nitrogens is 1. The number of aromatic nitrogens is 2. The third-order valence-corrected chi connectivity index (χ3v) is 4.68. The van der Waals surface area contributed by atoms with Gasteiger partial charge in [-0.15, -0.1) is 0 Å². The molecule has 18 heteroatoms. The lowest BCUT2D eigenvalue weighted by Crippen LogP contribution is -2.30. The van der Waals surface area contributed by atoms with Crippen molar-refractivity contribution in [3.05, 3.63) is 22.4 Å². The van der Waals surface area contributed by atoms with Crippen LogP contribution < -0.4 is 21.9 Å². The van der Waals surface area contributed by atoms with Crippen molar-refractivity contribution >= 4 is 33.1 Å². The summed E-state index contributed by atoms with van der Waals surface area (Å²) in [4.78, 5) is 44.0. The average molecular weight is 447 g/mol. The summed E-state index contributed by atoms with van der Waals surface area (Å²) in [5, 5.41) is 23.6. The van der Waals surface area contributed by atoms with Gasteiger partial charge in [0.25, 0.3) is 5.56 Å². The Morgan fingerprint density at radius 3 is 2.50 bits per heavy atom. The first-order valence-electron chi connectivity index (χ1n) is 7.10. The number of aliphatic hydroxyl groups excluding tert-OH is 2. The Balaban J connectivity index is 2.94. The van der Waals surface area contributed by atoms with E-state index in [-0.39, 0.29) is 17.5 Å². The molecule has 1 aromatic heterocycles. The van der Waals surface area contributed by atoms with E-state index in [1.165, 1.54) is 7.05 Å². The van der Waals surface area contributed by atoms with Gasteiger partial charge in [-0.05, 0) is 0 Å². The lowest BCUT2D eigenvalue weighted by molar-refractivity contribution is 0.0555. The molecule has 0 aliphatic carbocycles. The van der Waals surface area contributed by atoms with E-state index < -0.39 is 46.4 Å². The van der Waals surface area contributed by atoms with E-state index in [2.05, 4.69) is 29.4 Å². The monoisotopic (exact) mass is 447 g/mol. The zero-order valence-corrected chi connectivity index (χ0v) is 16.0. The van der Waals surface area contributed by atoms with Crippen LogP contribution in [0.3, 0.4) is 0 Å². The third-order valence-electron chi connectivity index (χ3n) is 2.63. The van der Waals surface area contributed by atoms with Gasteiger partial charge in [0.2, 0.25) is 5.95 Å². The van der Waals surface area contributed by atoms with Gasteiger partial charge in [-0.25, -0.2) is 9.13 Å². The molecule has 1 aromatic rings. The summed E-state index contributed by atoms with van der Waals surface area (Å²) in [7, 11) is -9.15. The number of hydrogen-bond acceptors (Lipinski definition) is 12. The Morgan fingerprint density at radius 2 is 2.00 bits per heavy atom. The predicted molar refractivity (Wildman–Crippen MR) is 93.6 cm³/mol. The molecule has 0 saturated carbocycles. The first-order chi connectivity index (χ1) is 12.9. The van der Waals surface area contributed by atoms with Crippen LogP contribution in [0.15, 0.2) is 16.8 Å². The highest BCUT2D eigenvalue weighted by Crippen LogP contribution is 2.57. The minimum absolute atomic E-state index is 0.0584. The van der Waals surface area contributed by atoms with E-state index in [4.69, 9.17) is 25.2 Å². The predicted octanol–water partition coefficient (Wildman–Crippen LogP) is -1.80. The van der Waals surface area contributed by atoms with Crippen LogP contribution in [0.2, 0.25) is 0 Å². The lowest BCUT2D eigenvalue weighted by Gasteiger charge is -2.21. The van der Waals surface area contributed by atoms with Crippen LogP contribution in [-0.2, 0) is 22.7 Å². The fourth-order valence-electron chi connectivity index (χ4n) is 1.66. The van der Waals surface area contributed by atoms with Crippen LogP contribution in [0.4, 0.5) is 17.5 Å². The number of nitrogens with two attached hydrogens (primary N) is 1. The summed E-state index contributed by atoms with van der Waals surface area (Å²) in [6, 6.07) is 0. The molecule has 0 aliphatic rings. The van der Waals surface area contributed by atoms with Crippen molar-refractivity contribution in [2.24, 2.45) is 0 Å². The molecule has 16 nitrogen and oxygen atoms in total. The molecule has 0 spiro atoms. The first kappa shape index (κ1) is 23.9. The maximum absolute atomic E-state index is 11.8. The number of phosphoric ester groups is 1. The van der Waals surface area contributed by atoms with Gasteiger partial charge in [0.05, 0.1) is 6.61 Å². The number of phosphoric acid groups is 2. The van der Waals surface area contributed by atoms with Crippen LogP contribution in [-0.4, -0.2) is 61.4 Å².